The number of rotatable bonds is 1. The Morgan fingerprint density at radius 1 is 1.00 bits per heavy atom. The van der Waals surface area contributed by atoms with Crippen molar-refractivity contribution in [2.24, 2.45) is 11.5 Å². The SMILES string of the molecule is CC(=O)[O-].CC(=O)[O-].NCCN.[Pd+2]. The molecule has 0 fully saturated rings. The molecule has 7 heteroatoms. The molecule has 0 aromatic carbocycles. The van der Waals surface area contributed by atoms with E-state index >= 15 is 0 Å². The molecule has 0 bridgehead atoms. The Hall–Kier alpha value is -0.478. The van der Waals surface area contributed by atoms with Gasteiger partial charge in [0.05, 0.1) is 0 Å². The second kappa shape index (κ2) is 22.5. The Bertz CT molecular complexity index is 99.2. The van der Waals surface area contributed by atoms with Gasteiger partial charge in [-0.05, 0) is 13.8 Å². The van der Waals surface area contributed by atoms with Crippen LogP contribution in [0.15, 0.2) is 0 Å². The summed E-state index contributed by atoms with van der Waals surface area (Å²) in [5.74, 6) is -2.17. The first kappa shape index (κ1) is 22.9. The molecule has 0 rings (SSSR count). The minimum atomic E-state index is -1.08. The predicted octanol–water partition coefficient (Wildman–Crippen LogP) is -3.59. The zero-order chi connectivity index (χ0) is 10.6. The van der Waals surface area contributed by atoms with Crippen molar-refractivity contribution in [1.29, 1.82) is 0 Å². The van der Waals surface area contributed by atoms with Crippen LogP contribution >= 0.6 is 0 Å². The fourth-order valence-corrected chi connectivity index (χ4v) is 0. The van der Waals surface area contributed by atoms with Crippen LogP contribution in [0.1, 0.15) is 13.8 Å². The molecule has 0 aliphatic carbocycles. The van der Waals surface area contributed by atoms with E-state index in [1.165, 1.54) is 0 Å². The van der Waals surface area contributed by atoms with Gasteiger partial charge in [-0.2, -0.15) is 0 Å². The predicted molar refractivity (Wildman–Crippen MR) is 39.5 cm³/mol. The number of carboxylic acid groups (broad SMARTS) is 2. The van der Waals surface area contributed by atoms with Gasteiger partial charge in [-0.1, -0.05) is 0 Å². The standard InChI is InChI=1S/C2H8N2.2C2H4O2.Pd/c3-1-2-4;2*1-2(3)4;/h1-4H2;2*1H3,(H,3,4);/q;;;+2/p-2. The second-order valence-corrected chi connectivity index (χ2v) is 1.56. The van der Waals surface area contributed by atoms with Crippen molar-refractivity contribution in [3.05, 3.63) is 0 Å². The molecular formula is C6H14N2O4Pd. The quantitative estimate of drug-likeness (QED) is 0.478. The minimum absolute atomic E-state index is 0. The van der Waals surface area contributed by atoms with E-state index in [4.69, 9.17) is 31.3 Å². The zero-order valence-corrected chi connectivity index (χ0v) is 9.07. The number of carbonyl (C=O) groups excluding carboxylic acids is 2. The first-order valence-corrected chi connectivity index (χ1v) is 3.13. The van der Waals surface area contributed by atoms with Gasteiger partial charge in [0, 0.05) is 25.0 Å². The molecule has 0 aliphatic heterocycles. The molecule has 0 aliphatic rings. The van der Waals surface area contributed by atoms with Gasteiger partial charge in [0.2, 0.25) is 0 Å². The van der Waals surface area contributed by atoms with Gasteiger partial charge >= 0.3 is 20.4 Å². The maximum Gasteiger partial charge on any atom is 2.00 e. The molecule has 82 valence electrons. The molecule has 13 heavy (non-hydrogen) atoms. The van der Waals surface area contributed by atoms with Crippen molar-refractivity contribution in [3.8, 4) is 0 Å². The van der Waals surface area contributed by atoms with Crippen LogP contribution in [0.3, 0.4) is 0 Å². The van der Waals surface area contributed by atoms with Gasteiger partial charge in [-0.25, -0.2) is 0 Å². The van der Waals surface area contributed by atoms with Crippen molar-refractivity contribution in [3.63, 3.8) is 0 Å². The maximum absolute atomic E-state index is 8.89. The summed E-state index contributed by atoms with van der Waals surface area (Å²) >= 11 is 0. The first-order chi connectivity index (χ1) is 5.38. The zero-order valence-electron chi connectivity index (χ0n) is 7.52. The van der Waals surface area contributed by atoms with Crippen LogP contribution in [-0.4, -0.2) is 25.0 Å². The van der Waals surface area contributed by atoms with Gasteiger partial charge in [0.15, 0.2) is 0 Å². The molecule has 0 unspecified atom stereocenters. The Morgan fingerprint density at radius 2 is 1.08 bits per heavy atom. The van der Waals surface area contributed by atoms with Crippen molar-refractivity contribution in [1.82, 2.24) is 0 Å². The van der Waals surface area contributed by atoms with Crippen LogP contribution in [0.4, 0.5) is 0 Å². The molecule has 0 radical (unpaired) electrons. The van der Waals surface area contributed by atoms with Crippen LogP contribution in [0.25, 0.3) is 0 Å². The maximum atomic E-state index is 8.89. The van der Waals surface area contributed by atoms with Crippen molar-refractivity contribution in [2.75, 3.05) is 13.1 Å². The largest absolute Gasteiger partial charge is 2.00 e. The van der Waals surface area contributed by atoms with E-state index in [0.29, 0.717) is 13.1 Å². The third kappa shape index (κ3) is 3830. The minimum Gasteiger partial charge on any atom is -0.550 e. The third-order valence-electron chi connectivity index (χ3n) is 0.167. The van der Waals surface area contributed by atoms with Crippen molar-refractivity contribution >= 4 is 11.9 Å². The molecule has 0 aromatic rings. The second-order valence-electron chi connectivity index (χ2n) is 1.56. The van der Waals surface area contributed by atoms with Crippen molar-refractivity contribution < 1.29 is 40.2 Å². The van der Waals surface area contributed by atoms with Gasteiger partial charge < -0.3 is 31.3 Å². The van der Waals surface area contributed by atoms with E-state index in [9.17, 15) is 0 Å². The van der Waals surface area contributed by atoms with Crippen molar-refractivity contribution in [2.45, 2.75) is 13.8 Å². The van der Waals surface area contributed by atoms with E-state index in [2.05, 4.69) is 0 Å². The number of carboxylic acids is 2. The smallest absolute Gasteiger partial charge is 0.550 e. The van der Waals surface area contributed by atoms with Crippen LogP contribution < -0.4 is 21.7 Å². The number of hydrogen-bond acceptors (Lipinski definition) is 6. The summed E-state index contributed by atoms with van der Waals surface area (Å²) in [4.78, 5) is 17.8. The summed E-state index contributed by atoms with van der Waals surface area (Å²) in [5, 5.41) is 17.8. The topological polar surface area (TPSA) is 132 Å². The monoisotopic (exact) mass is 284 g/mol. The van der Waals surface area contributed by atoms with Crippen LogP contribution in [-0.2, 0) is 30.0 Å². The fourth-order valence-electron chi connectivity index (χ4n) is 0. The molecule has 0 aromatic heterocycles. The Morgan fingerprint density at radius 3 is 1.08 bits per heavy atom. The van der Waals surface area contributed by atoms with E-state index in [0.717, 1.165) is 13.8 Å². The number of hydrogen-bond donors (Lipinski definition) is 2. The van der Waals surface area contributed by atoms with E-state index < -0.39 is 11.9 Å². The van der Waals surface area contributed by atoms with Gasteiger partial charge in [0.1, 0.15) is 0 Å². The van der Waals surface area contributed by atoms with E-state index in [-0.39, 0.29) is 20.4 Å². The van der Waals surface area contributed by atoms with E-state index in [1.54, 1.807) is 0 Å². The molecule has 0 heterocycles. The molecule has 0 spiro atoms. The van der Waals surface area contributed by atoms with Crippen LogP contribution in [0.5, 0.6) is 0 Å². The summed E-state index contributed by atoms with van der Waals surface area (Å²) in [5.41, 5.74) is 9.81. The van der Waals surface area contributed by atoms with Crippen LogP contribution in [0, 0.1) is 0 Å². The molecular weight excluding hydrogens is 270 g/mol. The molecule has 0 amide bonds. The molecule has 6 nitrogen and oxygen atoms in total. The van der Waals surface area contributed by atoms with Gasteiger partial charge in [0.25, 0.3) is 0 Å². The summed E-state index contributed by atoms with van der Waals surface area (Å²) < 4.78 is 0. The van der Waals surface area contributed by atoms with E-state index in [1.807, 2.05) is 0 Å². The molecule has 0 saturated carbocycles. The Labute approximate surface area is 90.9 Å². The Kier molecular flexibility index (Phi) is 39.7. The molecule has 0 saturated heterocycles. The molecule has 0 atom stereocenters. The average Bonchev–Trinajstić information content (AvgIpc) is 1.85. The Balaban J connectivity index is -0.0000000450. The summed E-state index contributed by atoms with van der Waals surface area (Å²) in [6.45, 7) is 3.14. The first-order valence-electron chi connectivity index (χ1n) is 3.13. The number of carbonyl (C=O) groups is 2. The number of aliphatic carboxylic acids is 2. The normalized spacial score (nSPS) is 6.15. The molecule has 4 N–H and O–H groups in total. The number of nitrogens with two attached hydrogens (primary N) is 2. The summed E-state index contributed by atoms with van der Waals surface area (Å²) in [6, 6.07) is 0. The summed E-state index contributed by atoms with van der Waals surface area (Å²) in [7, 11) is 0. The third-order valence-corrected chi connectivity index (χ3v) is 0.167. The van der Waals surface area contributed by atoms with Crippen LogP contribution in [0.2, 0.25) is 0 Å². The summed E-state index contributed by atoms with van der Waals surface area (Å²) in [6.07, 6.45) is 0. The fraction of sp³-hybridized carbons (Fsp3) is 0.667. The van der Waals surface area contributed by atoms with Gasteiger partial charge in [-0.15, -0.1) is 0 Å². The average molecular weight is 285 g/mol. The van der Waals surface area contributed by atoms with Gasteiger partial charge in [-0.3, -0.25) is 0 Å².